The molecule has 22 heavy (non-hydrogen) atoms. The highest BCUT2D eigenvalue weighted by atomic mass is 16.6. The second-order valence-corrected chi connectivity index (χ2v) is 5.20. The third kappa shape index (κ3) is 2.41. The second kappa shape index (κ2) is 5.52. The predicted octanol–water partition coefficient (Wildman–Crippen LogP) is -1.00. The van der Waals surface area contributed by atoms with Crippen LogP contribution in [0.5, 0.6) is 0 Å². The van der Waals surface area contributed by atoms with Crippen molar-refractivity contribution in [2.75, 3.05) is 19.6 Å². The molecule has 0 aliphatic carbocycles. The van der Waals surface area contributed by atoms with E-state index in [-0.39, 0.29) is 36.1 Å². The highest BCUT2D eigenvalue weighted by Gasteiger charge is 2.46. The normalized spacial score (nSPS) is 22.5. The maximum Gasteiger partial charge on any atom is 0.274 e. The summed E-state index contributed by atoms with van der Waals surface area (Å²) in [5, 5.41) is 10.5. The molecule has 2 aliphatic heterocycles. The molecule has 8 heteroatoms. The van der Waals surface area contributed by atoms with Crippen molar-refractivity contribution in [1.29, 1.82) is 0 Å². The molecule has 1 aromatic heterocycles. The number of likely N-dealkylation sites (tertiary alicyclic amines) is 1. The molecule has 2 unspecified atom stereocenters. The average Bonchev–Trinajstić information content (AvgIpc) is 3.18. The van der Waals surface area contributed by atoms with Crippen molar-refractivity contribution < 1.29 is 14.4 Å². The lowest BCUT2D eigenvalue weighted by Gasteiger charge is -2.15. The van der Waals surface area contributed by atoms with Gasteiger partial charge in [-0.15, -0.1) is 6.42 Å². The van der Waals surface area contributed by atoms with Gasteiger partial charge in [-0.2, -0.15) is 5.10 Å². The highest BCUT2D eigenvalue weighted by Crippen LogP contribution is 2.28. The molecule has 0 saturated carbocycles. The highest BCUT2D eigenvalue weighted by molar-refractivity contribution is 6.40. The van der Waals surface area contributed by atoms with E-state index in [1.807, 2.05) is 0 Å². The molecule has 2 amide bonds. The smallest absolute Gasteiger partial charge is 0.274 e. The number of terminal acetylenes is 1. The maximum absolute atomic E-state index is 12.4. The summed E-state index contributed by atoms with van der Waals surface area (Å²) in [6.07, 6.45) is 6.53. The van der Waals surface area contributed by atoms with Gasteiger partial charge in [-0.25, -0.2) is 0 Å². The molecule has 2 atom stereocenters. The molecule has 3 rings (SSSR count). The summed E-state index contributed by atoms with van der Waals surface area (Å²) >= 11 is 0. The lowest BCUT2D eigenvalue weighted by Crippen LogP contribution is -2.37. The molecule has 1 N–H and O–H groups in total. The molecular formula is C14H15N5O3. The number of nitrogens with one attached hydrogen (secondary N) is 1. The molecule has 1 aromatic rings. The summed E-state index contributed by atoms with van der Waals surface area (Å²) in [6, 6.07) is 1.66. The molecule has 0 aromatic carbocycles. The zero-order valence-corrected chi connectivity index (χ0v) is 12.0. The molecule has 0 radical (unpaired) electrons. The van der Waals surface area contributed by atoms with Crippen molar-refractivity contribution in [3.8, 4) is 12.3 Å². The van der Waals surface area contributed by atoms with E-state index in [1.54, 1.807) is 28.9 Å². The lowest BCUT2D eigenvalue weighted by atomic mass is 10.0. The van der Waals surface area contributed by atoms with Crippen LogP contribution in [0.4, 0.5) is 0 Å². The van der Waals surface area contributed by atoms with Crippen LogP contribution in [0.3, 0.4) is 0 Å². The van der Waals surface area contributed by atoms with Gasteiger partial charge in [0.1, 0.15) is 5.69 Å². The van der Waals surface area contributed by atoms with Gasteiger partial charge in [0.2, 0.25) is 0 Å². The minimum absolute atomic E-state index is 0.131. The number of hydrogen-bond donors (Lipinski definition) is 1. The fraction of sp³-hybridized carbons (Fsp3) is 0.429. The van der Waals surface area contributed by atoms with Crippen LogP contribution in [0.2, 0.25) is 0 Å². The van der Waals surface area contributed by atoms with Crippen LogP contribution in [-0.2, 0) is 16.7 Å². The Kier molecular flexibility index (Phi) is 3.55. The number of hydrogen-bond acceptors (Lipinski definition) is 5. The topological polar surface area (TPSA) is 88.8 Å². The van der Waals surface area contributed by atoms with E-state index >= 15 is 0 Å². The van der Waals surface area contributed by atoms with E-state index < -0.39 is 0 Å². The first-order chi connectivity index (χ1) is 10.6. The Labute approximate surface area is 127 Å². The first-order valence-electron chi connectivity index (χ1n) is 6.84. The predicted molar refractivity (Wildman–Crippen MR) is 76.8 cm³/mol. The Morgan fingerprint density at radius 3 is 3.05 bits per heavy atom. The van der Waals surface area contributed by atoms with Crippen LogP contribution < -0.4 is 5.32 Å². The minimum atomic E-state index is -0.349. The van der Waals surface area contributed by atoms with Crippen LogP contribution in [-0.4, -0.2) is 57.9 Å². The number of oxime groups is 1. The second-order valence-electron chi connectivity index (χ2n) is 5.20. The van der Waals surface area contributed by atoms with Gasteiger partial charge in [0.05, 0.1) is 19.0 Å². The maximum atomic E-state index is 12.4. The summed E-state index contributed by atoms with van der Waals surface area (Å²) in [4.78, 5) is 31.2. The monoisotopic (exact) mass is 301 g/mol. The number of amides is 2. The van der Waals surface area contributed by atoms with Crippen LogP contribution in [0.1, 0.15) is 10.5 Å². The Morgan fingerprint density at radius 1 is 1.55 bits per heavy atom. The number of aryl methyl sites for hydroxylation is 1. The number of aromatic nitrogens is 2. The molecule has 3 heterocycles. The lowest BCUT2D eigenvalue weighted by molar-refractivity contribution is -0.114. The standard InChI is InChI=1S/C14H15N5O3/c1-3-5-15-13(20)12-9-7-19(8-11(9)22-17-12)14(21)10-4-6-18(2)16-10/h1,4,6,9,11H,5,7-8H2,2H3,(H,15,20). The van der Waals surface area contributed by atoms with Gasteiger partial charge in [0.15, 0.2) is 11.8 Å². The first kappa shape index (κ1) is 14.1. The van der Waals surface area contributed by atoms with Crippen molar-refractivity contribution >= 4 is 17.5 Å². The van der Waals surface area contributed by atoms with Gasteiger partial charge in [-0.3, -0.25) is 14.3 Å². The van der Waals surface area contributed by atoms with E-state index in [9.17, 15) is 9.59 Å². The molecule has 1 saturated heterocycles. The summed E-state index contributed by atoms with van der Waals surface area (Å²) in [7, 11) is 1.75. The number of rotatable bonds is 3. The van der Waals surface area contributed by atoms with Gasteiger partial charge in [0, 0.05) is 19.8 Å². The molecule has 8 nitrogen and oxygen atoms in total. The minimum Gasteiger partial charge on any atom is -0.389 e. The van der Waals surface area contributed by atoms with Gasteiger partial charge in [-0.05, 0) is 6.07 Å². The van der Waals surface area contributed by atoms with E-state index in [4.69, 9.17) is 11.3 Å². The summed E-state index contributed by atoms with van der Waals surface area (Å²) in [5.41, 5.74) is 0.661. The molecule has 1 fully saturated rings. The van der Waals surface area contributed by atoms with Crippen molar-refractivity contribution in [3.63, 3.8) is 0 Å². The Morgan fingerprint density at radius 2 is 2.36 bits per heavy atom. The van der Waals surface area contributed by atoms with Gasteiger partial charge >= 0.3 is 0 Å². The molecule has 0 bridgehead atoms. The fourth-order valence-electron chi connectivity index (χ4n) is 2.62. The Hall–Kier alpha value is -2.82. The van der Waals surface area contributed by atoms with E-state index in [0.29, 0.717) is 18.8 Å². The SMILES string of the molecule is C#CCNC(=O)C1=NOC2CN(C(=O)c3ccn(C)n3)CC12. The summed E-state index contributed by atoms with van der Waals surface area (Å²) in [5.74, 6) is 1.57. The van der Waals surface area contributed by atoms with Gasteiger partial charge < -0.3 is 15.1 Å². The fourth-order valence-corrected chi connectivity index (χ4v) is 2.62. The zero-order chi connectivity index (χ0) is 15.7. The Balaban J connectivity index is 1.67. The number of carbonyl (C=O) groups excluding carboxylic acids is 2. The third-order valence-corrected chi connectivity index (χ3v) is 3.71. The summed E-state index contributed by atoms with van der Waals surface area (Å²) < 4.78 is 1.57. The quantitative estimate of drug-likeness (QED) is 0.725. The van der Waals surface area contributed by atoms with Crippen molar-refractivity contribution in [2.45, 2.75) is 6.10 Å². The van der Waals surface area contributed by atoms with E-state index in [1.165, 1.54) is 0 Å². The number of carbonyl (C=O) groups is 2. The number of nitrogens with zero attached hydrogens (tertiary/aromatic N) is 4. The number of fused-ring (bicyclic) bond motifs is 1. The Bertz CT molecular complexity index is 687. The van der Waals surface area contributed by atoms with Gasteiger partial charge in [0.25, 0.3) is 11.8 Å². The van der Waals surface area contributed by atoms with Gasteiger partial charge in [-0.1, -0.05) is 11.1 Å². The average molecular weight is 301 g/mol. The van der Waals surface area contributed by atoms with Crippen molar-refractivity contribution in [1.82, 2.24) is 20.0 Å². The first-order valence-corrected chi connectivity index (χ1v) is 6.84. The molecular weight excluding hydrogens is 286 g/mol. The molecule has 0 spiro atoms. The van der Waals surface area contributed by atoms with Crippen LogP contribution >= 0.6 is 0 Å². The molecule has 2 aliphatic rings. The van der Waals surface area contributed by atoms with Crippen LogP contribution in [0.25, 0.3) is 0 Å². The van der Waals surface area contributed by atoms with E-state index in [2.05, 4.69) is 21.5 Å². The summed E-state index contributed by atoms with van der Waals surface area (Å²) in [6.45, 7) is 0.893. The van der Waals surface area contributed by atoms with Crippen LogP contribution in [0.15, 0.2) is 17.4 Å². The largest absolute Gasteiger partial charge is 0.389 e. The van der Waals surface area contributed by atoms with Crippen LogP contribution in [0, 0.1) is 18.3 Å². The zero-order valence-electron chi connectivity index (χ0n) is 12.0. The van der Waals surface area contributed by atoms with E-state index in [0.717, 1.165) is 0 Å². The third-order valence-electron chi connectivity index (χ3n) is 3.71. The molecule has 114 valence electrons. The van der Waals surface area contributed by atoms with Crippen molar-refractivity contribution in [3.05, 3.63) is 18.0 Å². The van der Waals surface area contributed by atoms with Crippen molar-refractivity contribution in [2.24, 2.45) is 18.1 Å².